The van der Waals surface area contributed by atoms with Crippen LogP contribution < -0.4 is 0 Å². The Morgan fingerprint density at radius 2 is 2.18 bits per heavy atom. The van der Waals surface area contributed by atoms with Crippen LogP contribution in [0.15, 0.2) is 35.4 Å². The third-order valence-corrected chi connectivity index (χ3v) is 1.94. The SMILES string of the molecule is CCOC(=O)N(CCO)N=Cc1ccccc1. The molecule has 0 aliphatic carbocycles. The molecular weight excluding hydrogens is 220 g/mol. The molecule has 0 aromatic heterocycles. The number of ether oxygens (including phenoxy) is 1. The Bertz CT molecular complexity index is 365. The number of hydrogen-bond donors (Lipinski definition) is 1. The molecule has 1 rings (SSSR count). The predicted molar refractivity (Wildman–Crippen MR) is 64.8 cm³/mol. The van der Waals surface area contributed by atoms with Crippen molar-refractivity contribution in [3.05, 3.63) is 35.9 Å². The molecule has 0 radical (unpaired) electrons. The smallest absolute Gasteiger partial charge is 0.430 e. The van der Waals surface area contributed by atoms with E-state index in [0.717, 1.165) is 10.6 Å². The molecule has 5 nitrogen and oxygen atoms in total. The molecule has 0 unspecified atom stereocenters. The van der Waals surface area contributed by atoms with Crippen LogP contribution in [0, 0.1) is 0 Å². The Balaban J connectivity index is 2.66. The second kappa shape index (κ2) is 7.40. The molecule has 0 spiro atoms. The summed E-state index contributed by atoms with van der Waals surface area (Å²) in [5.74, 6) is 0. The summed E-state index contributed by atoms with van der Waals surface area (Å²) in [6, 6.07) is 9.38. The van der Waals surface area contributed by atoms with E-state index in [2.05, 4.69) is 5.10 Å². The van der Waals surface area contributed by atoms with Crippen molar-refractivity contribution in [1.82, 2.24) is 5.01 Å². The van der Waals surface area contributed by atoms with E-state index in [1.54, 1.807) is 13.1 Å². The third-order valence-electron chi connectivity index (χ3n) is 1.94. The van der Waals surface area contributed by atoms with E-state index < -0.39 is 6.09 Å². The zero-order valence-corrected chi connectivity index (χ0v) is 9.74. The molecule has 5 heteroatoms. The highest BCUT2D eigenvalue weighted by molar-refractivity contribution is 5.80. The normalized spacial score (nSPS) is 10.5. The molecule has 1 aromatic carbocycles. The van der Waals surface area contributed by atoms with Gasteiger partial charge in [0.15, 0.2) is 0 Å². The van der Waals surface area contributed by atoms with Crippen molar-refractivity contribution in [2.75, 3.05) is 19.8 Å². The molecular formula is C12H16N2O3. The molecule has 0 heterocycles. The lowest BCUT2D eigenvalue weighted by Gasteiger charge is -2.14. The van der Waals surface area contributed by atoms with Gasteiger partial charge in [0.25, 0.3) is 0 Å². The number of benzene rings is 1. The monoisotopic (exact) mass is 236 g/mol. The van der Waals surface area contributed by atoms with Gasteiger partial charge in [-0.25, -0.2) is 4.79 Å². The summed E-state index contributed by atoms with van der Waals surface area (Å²) >= 11 is 0. The summed E-state index contributed by atoms with van der Waals surface area (Å²) in [5.41, 5.74) is 0.875. The van der Waals surface area contributed by atoms with Crippen LogP contribution in [-0.4, -0.2) is 42.2 Å². The first kappa shape index (κ1) is 13.2. The number of hydrogen-bond acceptors (Lipinski definition) is 4. The molecule has 0 atom stereocenters. The minimum atomic E-state index is -0.561. The number of aliphatic hydroxyl groups is 1. The highest BCUT2D eigenvalue weighted by Crippen LogP contribution is 1.98. The molecule has 0 aliphatic rings. The Morgan fingerprint density at radius 1 is 1.47 bits per heavy atom. The summed E-state index contributed by atoms with van der Waals surface area (Å²) in [6.07, 6.45) is 0.987. The maximum atomic E-state index is 11.4. The van der Waals surface area contributed by atoms with Crippen molar-refractivity contribution in [2.24, 2.45) is 5.10 Å². The first-order valence-corrected chi connectivity index (χ1v) is 5.42. The van der Waals surface area contributed by atoms with Crippen molar-refractivity contribution in [3.63, 3.8) is 0 Å². The number of carbonyl (C=O) groups is 1. The maximum absolute atomic E-state index is 11.4. The number of carbonyl (C=O) groups excluding carboxylic acids is 1. The first-order chi connectivity index (χ1) is 8.27. The van der Waals surface area contributed by atoms with E-state index in [0.29, 0.717) is 0 Å². The van der Waals surface area contributed by atoms with Gasteiger partial charge < -0.3 is 9.84 Å². The third kappa shape index (κ3) is 4.65. The molecule has 0 saturated carbocycles. The van der Waals surface area contributed by atoms with Crippen LogP contribution in [0.25, 0.3) is 0 Å². The zero-order chi connectivity index (χ0) is 12.5. The summed E-state index contributed by atoms with van der Waals surface area (Å²) < 4.78 is 4.81. The van der Waals surface area contributed by atoms with E-state index in [9.17, 15) is 4.79 Å². The quantitative estimate of drug-likeness (QED) is 0.622. The standard InChI is InChI=1S/C12H16N2O3/c1-2-17-12(16)14(8-9-15)13-10-11-6-4-3-5-7-11/h3-7,10,15H,2,8-9H2,1H3. The van der Waals surface area contributed by atoms with Crippen LogP contribution in [0.5, 0.6) is 0 Å². The maximum Gasteiger partial charge on any atom is 0.430 e. The van der Waals surface area contributed by atoms with Crippen LogP contribution in [-0.2, 0) is 4.74 Å². The Morgan fingerprint density at radius 3 is 2.76 bits per heavy atom. The number of hydrazone groups is 1. The first-order valence-electron chi connectivity index (χ1n) is 5.42. The van der Waals surface area contributed by atoms with Crippen LogP contribution in [0.4, 0.5) is 4.79 Å². The van der Waals surface area contributed by atoms with E-state index in [1.807, 2.05) is 30.3 Å². The largest absolute Gasteiger partial charge is 0.448 e. The zero-order valence-electron chi connectivity index (χ0n) is 9.74. The molecule has 0 saturated heterocycles. The van der Waals surface area contributed by atoms with Gasteiger partial charge in [0.2, 0.25) is 0 Å². The van der Waals surface area contributed by atoms with Crippen LogP contribution >= 0.6 is 0 Å². The second-order valence-electron chi connectivity index (χ2n) is 3.20. The van der Waals surface area contributed by atoms with Crippen LogP contribution in [0.3, 0.4) is 0 Å². The number of nitrogens with zero attached hydrogens (tertiary/aromatic N) is 2. The van der Waals surface area contributed by atoms with Crippen LogP contribution in [0.1, 0.15) is 12.5 Å². The molecule has 92 valence electrons. The van der Waals surface area contributed by atoms with Gasteiger partial charge in [0.05, 0.1) is 26.0 Å². The summed E-state index contributed by atoms with van der Waals surface area (Å²) in [6.45, 7) is 1.95. The molecule has 1 aromatic rings. The summed E-state index contributed by atoms with van der Waals surface area (Å²) in [4.78, 5) is 11.4. The minimum absolute atomic E-state index is 0.113. The Hall–Kier alpha value is -1.88. The topological polar surface area (TPSA) is 62.1 Å². The van der Waals surface area contributed by atoms with E-state index in [1.165, 1.54) is 0 Å². The highest BCUT2D eigenvalue weighted by Gasteiger charge is 2.11. The summed E-state index contributed by atoms with van der Waals surface area (Å²) in [5, 5.41) is 13.9. The van der Waals surface area contributed by atoms with Gasteiger partial charge in [-0.05, 0) is 12.5 Å². The van der Waals surface area contributed by atoms with Gasteiger partial charge in [-0.2, -0.15) is 10.1 Å². The highest BCUT2D eigenvalue weighted by atomic mass is 16.6. The number of amides is 1. The fourth-order valence-electron chi connectivity index (χ4n) is 1.16. The van der Waals surface area contributed by atoms with Gasteiger partial charge in [0.1, 0.15) is 0 Å². The molecule has 1 N–H and O–H groups in total. The summed E-state index contributed by atoms with van der Waals surface area (Å²) in [7, 11) is 0. The minimum Gasteiger partial charge on any atom is -0.448 e. The van der Waals surface area contributed by atoms with Gasteiger partial charge in [-0.15, -0.1) is 0 Å². The van der Waals surface area contributed by atoms with E-state index in [4.69, 9.17) is 9.84 Å². The Labute approximate surface area is 100 Å². The number of aliphatic hydroxyl groups excluding tert-OH is 1. The lowest BCUT2D eigenvalue weighted by molar-refractivity contribution is 0.100. The molecule has 1 amide bonds. The van der Waals surface area contributed by atoms with Crippen molar-refractivity contribution in [1.29, 1.82) is 0 Å². The lowest BCUT2D eigenvalue weighted by atomic mass is 10.2. The Kier molecular flexibility index (Phi) is 5.74. The fourth-order valence-corrected chi connectivity index (χ4v) is 1.16. The molecule has 0 bridgehead atoms. The van der Waals surface area contributed by atoms with E-state index in [-0.39, 0.29) is 19.8 Å². The van der Waals surface area contributed by atoms with Gasteiger partial charge in [-0.3, -0.25) is 0 Å². The second-order valence-corrected chi connectivity index (χ2v) is 3.20. The van der Waals surface area contributed by atoms with E-state index >= 15 is 0 Å². The van der Waals surface area contributed by atoms with Crippen molar-refractivity contribution < 1.29 is 14.6 Å². The van der Waals surface area contributed by atoms with Crippen LogP contribution in [0.2, 0.25) is 0 Å². The van der Waals surface area contributed by atoms with Gasteiger partial charge >= 0.3 is 6.09 Å². The van der Waals surface area contributed by atoms with Gasteiger partial charge in [-0.1, -0.05) is 30.3 Å². The average molecular weight is 236 g/mol. The lowest BCUT2D eigenvalue weighted by Crippen LogP contribution is -2.29. The van der Waals surface area contributed by atoms with Crippen molar-refractivity contribution >= 4 is 12.3 Å². The van der Waals surface area contributed by atoms with Crippen molar-refractivity contribution in [3.8, 4) is 0 Å². The average Bonchev–Trinajstić information content (AvgIpc) is 2.36. The molecule has 0 fully saturated rings. The fraction of sp³-hybridized carbons (Fsp3) is 0.333. The van der Waals surface area contributed by atoms with Gasteiger partial charge in [0, 0.05) is 0 Å². The predicted octanol–water partition coefficient (Wildman–Crippen LogP) is 1.47. The van der Waals surface area contributed by atoms with Crippen molar-refractivity contribution in [2.45, 2.75) is 6.92 Å². The molecule has 17 heavy (non-hydrogen) atoms. The molecule has 0 aliphatic heterocycles. The number of rotatable bonds is 5.